The molecule has 4 nitrogen and oxygen atoms in total. The summed E-state index contributed by atoms with van der Waals surface area (Å²) in [6, 6.07) is 1.88. The Morgan fingerprint density at radius 1 is 1.27 bits per heavy atom. The number of rotatable bonds is 3. The molecule has 0 aliphatic carbocycles. The van der Waals surface area contributed by atoms with E-state index in [1.165, 1.54) is 0 Å². The van der Waals surface area contributed by atoms with Crippen LogP contribution in [0.3, 0.4) is 0 Å². The SMILES string of the molecule is CCc1nc(-c2ccncn2)c(CC)[nH]1. The number of nitrogens with one attached hydrogen (secondary N) is 1. The van der Waals surface area contributed by atoms with E-state index in [0.29, 0.717) is 0 Å². The molecule has 78 valence electrons. The third kappa shape index (κ3) is 1.88. The van der Waals surface area contributed by atoms with Crippen molar-refractivity contribution in [1.82, 2.24) is 19.9 Å². The molecule has 15 heavy (non-hydrogen) atoms. The van der Waals surface area contributed by atoms with E-state index in [9.17, 15) is 0 Å². The van der Waals surface area contributed by atoms with Gasteiger partial charge in [0.25, 0.3) is 0 Å². The van der Waals surface area contributed by atoms with Crippen molar-refractivity contribution in [3.05, 3.63) is 30.1 Å². The molecule has 2 aromatic heterocycles. The predicted molar refractivity (Wildman–Crippen MR) is 58.4 cm³/mol. The number of H-pyrrole nitrogens is 1. The van der Waals surface area contributed by atoms with E-state index in [4.69, 9.17) is 0 Å². The number of hydrogen-bond acceptors (Lipinski definition) is 3. The number of nitrogens with zero attached hydrogens (tertiary/aromatic N) is 3. The van der Waals surface area contributed by atoms with Crippen LogP contribution in [-0.4, -0.2) is 19.9 Å². The van der Waals surface area contributed by atoms with E-state index in [1.54, 1.807) is 12.5 Å². The van der Waals surface area contributed by atoms with Crippen molar-refractivity contribution >= 4 is 0 Å². The molecule has 2 rings (SSSR count). The summed E-state index contributed by atoms with van der Waals surface area (Å²) in [7, 11) is 0. The van der Waals surface area contributed by atoms with Crippen molar-refractivity contribution in [2.24, 2.45) is 0 Å². The zero-order chi connectivity index (χ0) is 10.7. The average Bonchev–Trinajstić information content (AvgIpc) is 2.73. The van der Waals surface area contributed by atoms with Crippen molar-refractivity contribution in [1.29, 1.82) is 0 Å². The highest BCUT2D eigenvalue weighted by Crippen LogP contribution is 2.19. The van der Waals surface area contributed by atoms with E-state index in [-0.39, 0.29) is 0 Å². The summed E-state index contributed by atoms with van der Waals surface area (Å²) in [5.74, 6) is 1.01. The normalized spacial score (nSPS) is 10.5. The summed E-state index contributed by atoms with van der Waals surface area (Å²) in [6.07, 6.45) is 5.14. The Kier molecular flexibility index (Phi) is 2.76. The van der Waals surface area contributed by atoms with Crippen LogP contribution in [0.5, 0.6) is 0 Å². The zero-order valence-electron chi connectivity index (χ0n) is 8.99. The molecule has 0 unspecified atom stereocenters. The van der Waals surface area contributed by atoms with E-state index in [0.717, 1.165) is 35.7 Å². The van der Waals surface area contributed by atoms with Gasteiger partial charge in [0.1, 0.15) is 17.8 Å². The Morgan fingerprint density at radius 2 is 2.13 bits per heavy atom. The van der Waals surface area contributed by atoms with Gasteiger partial charge in [0.2, 0.25) is 0 Å². The molecular formula is C11H14N4. The number of imidazole rings is 1. The highest BCUT2D eigenvalue weighted by atomic mass is 15.0. The molecule has 0 fully saturated rings. The highest BCUT2D eigenvalue weighted by Gasteiger charge is 2.10. The summed E-state index contributed by atoms with van der Waals surface area (Å²) < 4.78 is 0. The quantitative estimate of drug-likeness (QED) is 0.828. The van der Waals surface area contributed by atoms with Gasteiger partial charge in [-0.1, -0.05) is 13.8 Å². The fourth-order valence-electron chi connectivity index (χ4n) is 1.53. The van der Waals surface area contributed by atoms with Gasteiger partial charge in [-0.3, -0.25) is 0 Å². The molecule has 0 aromatic carbocycles. The molecule has 0 radical (unpaired) electrons. The maximum atomic E-state index is 4.52. The molecule has 4 heteroatoms. The number of aromatic nitrogens is 4. The van der Waals surface area contributed by atoms with Crippen LogP contribution in [0.25, 0.3) is 11.4 Å². The lowest BCUT2D eigenvalue weighted by atomic mass is 10.2. The second kappa shape index (κ2) is 4.21. The van der Waals surface area contributed by atoms with Crippen LogP contribution in [0.2, 0.25) is 0 Å². The summed E-state index contributed by atoms with van der Waals surface area (Å²) in [5.41, 5.74) is 2.99. The van der Waals surface area contributed by atoms with Gasteiger partial charge in [0, 0.05) is 18.3 Å². The Bertz CT molecular complexity index is 433. The second-order valence-electron chi connectivity index (χ2n) is 3.31. The first-order valence-corrected chi connectivity index (χ1v) is 5.19. The smallest absolute Gasteiger partial charge is 0.116 e. The van der Waals surface area contributed by atoms with Crippen LogP contribution >= 0.6 is 0 Å². The minimum atomic E-state index is 0.887. The molecule has 2 heterocycles. The molecule has 0 saturated heterocycles. The van der Waals surface area contributed by atoms with Crippen molar-refractivity contribution in [2.45, 2.75) is 26.7 Å². The lowest BCUT2D eigenvalue weighted by molar-refractivity contribution is 0.963. The molecule has 1 N–H and O–H groups in total. The Labute approximate surface area is 88.8 Å². The first kappa shape index (κ1) is 9.83. The monoisotopic (exact) mass is 202 g/mol. The van der Waals surface area contributed by atoms with Gasteiger partial charge in [0.15, 0.2) is 0 Å². The van der Waals surface area contributed by atoms with Gasteiger partial charge >= 0.3 is 0 Å². The standard InChI is InChI=1S/C11H14N4/c1-3-8-11(15-10(4-2)14-8)9-5-6-12-7-13-9/h5-7H,3-4H2,1-2H3,(H,14,15). The highest BCUT2D eigenvalue weighted by molar-refractivity contribution is 5.56. The van der Waals surface area contributed by atoms with E-state index in [2.05, 4.69) is 33.8 Å². The lowest BCUT2D eigenvalue weighted by Gasteiger charge is -1.97. The zero-order valence-corrected chi connectivity index (χ0v) is 8.99. The van der Waals surface area contributed by atoms with Crippen LogP contribution in [-0.2, 0) is 12.8 Å². The first-order valence-electron chi connectivity index (χ1n) is 5.19. The van der Waals surface area contributed by atoms with E-state index in [1.807, 2.05) is 6.07 Å². The number of aryl methyl sites for hydroxylation is 2. The van der Waals surface area contributed by atoms with Crippen LogP contribution in [0.1, 0.15) is 25.4 Å². The molecule has 0 spiro atoms. The van der Waals surface area contributed by atoms with Crippen LogP contribution in [0.15, 0.2) is 18.6 Å². The Hall–Kier alpha value is -1.71. The number of aromatic amines is 1. The summed E-state index contributed by atoms with van der Waals surface area (Å²) in [6.45, 7) is 4.19. The lowest BCUT2D eigenvalue weighted by Crippen LogP contribution is -1.89. The van der Waals surface area contributed by atoms with Crippen molar-refractivity contribution in [2.75, 3.05) is 0 Å². The largest absolute Gasteiger partial charge is 0.345 e. The fraction of sp³-hybridized carbons (Fsp3) is 0.364. The van der Waals surface area contributed by atoms with Crippen molar-refractivity contribution in [3.63, 3.8) is 0 Å². The van der Waals surface area contributed by atoms with Gasteiger partial charge in [-0.25, -0.2) is 15.0 Å². The molecule has 0 bridgehead atoms. The molecule has 2 aromatic rings. The first-order chi connectivity index (χ1) is 7.35. The third-order valence-electron chi connectivity index (χ3n) is 2.34. The van der Waals surface area contributed by atoms with Crippen molar-refractivity contribution in [3.8, 4) is 11.4 Å². The van der Waals surface area contributed by atoms with Gasteiger partial charge in [-0.2, -0.15) is 0 Å². The Balaban J connectivity index is 2.47. The summed E-state index contributed by atoms with van der Waals surface area (Å²) >= 11 is 0. The second-order valence-corrected chi connectivity index (χ2v) is 3.31. The van der Waals surface area contributed by atoms with Gasteiger partial charge in [-0.05, 0) is 12.5 Å². The average molecular weight is 202 g/mol. The minimum absolute atomic E-state index is 0.887. The molecule has 0 aliphatic rings. The van der Waals surface area contributed by atoms with Crippen LogP contribution in [0.4, 0.5) is 0 Å². The van der Waals surface area contributed by atoms with Crippen LogP contribution in [0, 0.1) is 0 Å². The van der Waals surface area contributed by atoms with Gasteiger partial charge in [0.05, 0.1) is 5.69 Å². The minimum Gasteiger partial charge on any atom is -0.345 e. The molecule has 0 amide bonds. The summed E-state index contributed by atoms with van der Waals surface area (Å²) in [5, 5.41) is 0. The van der Waals surface area contributed by atoms with Crippen LogP contribution < -0.4 is 0 Å². The molecule has 0 atom stereocenters. The number of hydrogen-bond donors (Lipinski definition) is 1. The van der Waals surface area contributed by atoms with Gasteiger partial charge < -0.3 is 4.98 Å². The van der Waals surface area contributed by atoms with E-state index >= 15 is 0 Å². The Morgan fingerprint density at radius 3 is 2.73 bits per heavy atom. The maximum absolute atomic E-state index is 4.52. The summed E-state index contributed by atoms with van der Waals surface area (Å²) in [4.78, 5) is 15.9. The van der Waals surface area contributed by atoms with Crippen molar-refractivity contribution < 1.29 is 0 Å². The van der Waals surface area contributed by atoms with E-state index < -0.39 is 0 Å². The third-order valence-corrected chi connectivity index (χ3v) is 2.34. The maximum Gasteiger partial charge on any atom is 0.116 e. The molecular weight excluding hydrogens is 188 g/mol. The topological polar surface area (TPSA) is 54.5 Å². The fourth-order valence-corrected chi connectivity index (χ4v) is 1.53. The molecule has 0 saturated carbocycles. The molecule has 0 aliphatic heterocycles. The predicted octanol–water partition coefficient (Wildman–Crippen LogP) is 1.99. The van der Waals surface area contributed by atoms with Gasteiger partial charge in [-0.15, -0.1) is 0 Å².